The van der Waals surface area contributed by atoms with Crippen molar-refractivity contribution in [2.45, 2.75) is 39.0 Å². The quantitative estimate of drug-likeness (QED) is 0.606. The molecule has 0 nitrogen and oxygen atoms in total. The highest BCUT2D eigenvalue weighted by molar-refractivity contribution is 7.08. The number of hydrogen-bond acceptors (Lipinski definition) is 2. The van der Waals surface area contributed by atoms with E-state index in [1.54, 1.807) is 22.7 Å². The van der Waals surface area contributed by atoms with Gasteiger partial charge < -0.3 is 0 Å². The van der Waals surface area contributed by atoms with E-state index >= 15 is 0 Å². The van der Waals surface area contributed by atoms with Gasteiger partial charge in [-0.3, -0.25) is 0 Å². The summed E-state index contributed by atoms with van der Waals surface area (Å²) in [5, 5.41) is 8.50. The van der Waals surface area contributed by atoms with Crippen molar-refractivity contribution in [1.82, 2.24) is 0 Å². The van der Waals surface area contributed by atoms with Crippen molar-refractivity contribution in [3.8, 4) is 0 Å². The fraction of sp³-hybridized carbons (Fsp3) is 0.429. The third-order valence-electron chi connectivity index (χ3n) is 2.32. The van der Waals surface area contributed by atoms with E-state index in [-0.39, 0.29) is 0 Å². The lowest BCUT2D eigenvalue weighted by Crippen LogP contribution is -1.81. The first kappa shape index (κ1) is 13.5. The second-order valence-electron chi connectivity index (χ2n) is 3.74. The van der Waals surface area contributed by atoms with Crippen LogP contribution in [0.15, 0.2) is 39.7 Å². The summed E-state index contributed by atoms with van der Waals surface area (Å²) in [6.45, 7) is 2.25. The first-order chi connectivity index (χ1) is 7.93. The van der Waals surface area contributed by atoms with Crippen molar-refractivity contribution in [2.75, 3.05) is 0 Å². The molecule has 16 heavy (non-hydrogen) atoms. The SMILES string of the molecule is CCCCCCc1ccsc1.c1ccsc1. The van der Waals surface area contributed by atoms with Crippen LogP contribution in [0.2, 0.25) is 0 Å². The molecule has 0 atom stereocenters. The number of thiophene rings is 2. The average molecular weight is 252 g/mol. The number of hydrogen-bond donors (Lipinski definition) is 0. The zero-order valence-corrected chi connectivity index (χ0v) is 11.5. The molecule has 0 fully saturated rings. The topological polar surface area (TPSA) is 0 Å². The molecule has 0 aliphatic heterocycles. The zero-order chi connectivity index (χ0) is 11.5. The van der Waals surface area contributed by atoms with E-state index in [9.17, 15) is 0 Å². The van der Waals surface area contributed by atoms with Crippen LogP contribution in [-0.2, 0) is 6.42 Å². The normalized spacial score (nSPS) is 9.56. The van der Waals surface area contributed by atoms with Crippen molar-refractivity contribution in [3.05, 3.63) is 45.3 Å². The first-order valence-corrected chi connectivity index (χ1v) is 7.80. The van der Waals surface area contributed by atoms with Crippen LogP contribution < -0.4 is 0 Å². The molecule has 2 heteroatoms. The largest absolute Gasteiger partial charge is 0.152 e. The molecule has 0 bridgehead atoms. The van der Waals surface area contributed by atoms with Crippen LogP contribution in [0.4, 0.5) is 0 Å². The molecular weight excluding hydrogens is 232 g/mol. The summed E-state index contributed by atoms with van der Waals surface area (Å²) in [4.78, 5) is 0. The molecule has 0 unspecified atom stereocenters. The average Bonchev–Trinajstić information content (AvgIpc) is 2.99. The van der Waals surface area contributed by atoms with Crippen LogP contribution in [0.3, 0.4) is 0 Å². The number of rotatable bonds is 5. The van der Waals surface area contributed by atoms with Crippen LogP contribution in [0, 0.1) is 0 Å². The van der Waals surface area contributed by atoms with E-state index in [0.717, 1.165) is 0 Å². The summed E-state index contributed by atoms with van der Waals surface area (Å²) in [7, 11) is 0. The zero-order valence-electron chi connectivity index (χ0n) is 9.89. The van der Waals surface area contributed by atoms with Gasteiger partial charge in [-0.2, -0.15) is 22.7 Å². The van der Waals surface area contributed by atoms with E-state index in [4.69, 9.17) is 0 Å². The fourth-order valence-electron chi connectivity index (χ4n) is 1.42. The second-order valence-corrected chi connectivity index (χ2v) is 5.33. The molecule has 0 radical (unpaired) electrons. The molecule has 2 heterocycles. The van der Waals surface area contributed by atoms with Gasteiger partial charge in [-0.15, -0.1) is 0 Å². The summed E-state index contributed by atoms with van der Waals surface area (Å²) in [6, 6.07) is 6.27. The molecule has 2 aromatic heterocycles. The smallest absolute Gasteiger partial charge is 0.00613 e. The van der Waals surface area contributed by atoms with Gasteiger partial charge in [-0.25, -0.2) is 0 Å². The van der Waals surface area contributed by atoms with Gasteiger partial charge in [-0.05, 0) is 46.0 Å². The summed E-state index contributed by atoms with van der Waals surface area (Å²) in [5.74, 6) is 0. The minimum atomic E-state index is 1.28. The van der Waals surface area contributed by atoms with Crippen LogP contribution in [0.1, 0.15) is 38.2 Å². The highest BCUT2D eigenvalue weighted by Crippen LogP contribution is 2.10. The molecule has 0 amide bonds. The maximum Gasteiger partial charge on any atom is -0.00613 e. The third-order valence-corrected chi connectivity index (χ3v) is 3.69. The van der Waals surface area contributed by atoms with Crippen molar-refractivity contribution < 1.29 is 0 Å². The van der Waals surface area contributed by atoms with Crippen molar-refractivity contribution >= 4 is 22.7 Å². The highest BCUT2D eigenvalue weighted by atomic mass is 32.1. The molecule has 0 saturated carbocycles. The Balaban J connectivity index is 0.000000212. The van der Waals surface area contributed by atoms with Crippen molar-refractivity contribution in [1.29, 1.82) is 0 Å². The Hall–Kier alpha value is -0.600. The standard InChI is InChI=1S/C10H16S.C4H4S/c1-2-3-4-5-6-10-7-8-11-9-10;1-2-4-5-3-1/h7-9H,2-6H2,1H3;1-4H. The van der Waals surface area contributed by atoms with Gasteiger partial charge in [0, 0.05) is 0 Å². The third kappa shape index (κ3) is 6.81. The number of unbranched alkanes of at least 4 members (excludes halogenated alkanes) is 3. The van der Waals surface area contributed by atoms with Crippen LogP contribution >= 0.6 is 22.7 Å². The maximum absolute atomic E-state index is 2.26. The maximum atomic E-state index is 2.26. The summed E-state index contributed by atoms with van der Waals surface area (Å²) in [6.07, 6.45) is 6.77. The molecule has 0 saturated heterocycles. The molecular formula is C14H20S2. The predicted octanol–water partition coefficient (Wildman–Crippen LogP) is 5.62. The van der Waals surface area contributed by atoms with Gasteiger partial charge >= 0.3 is 0 Å². The Morgan fingerprint density at radius 2 is 1.75 bits per heavy atom. The Bertz CT molecular complexity index is 291. The monoisotopic (exact) mass is 252 g/mol. The molecule has 0 aliphatic rings. The minimum absolute atomic E-state index is 1.28. The van der Waals surface area contributed by atoms with Crippen LogP contribution in [-0.4, -0.2) is 0 Å². The summed E-state index contributed by atoms with van der Waals surface area (Å²) in [5.41, 5.74) is 1.52. The van der Waals surface area contributed by atoms with Crippen LogP contribution in [0.5, 0.6) is 0 Å². The van der Waals surface area contributed by atoms with Gasteiger partial charge in [0.25, 0.3) is 0 Å². The van der Waals surface area contributed by atoms with E-state index in [1.807, 2.05) is 22.9 Å². The number of aryl methyl sites for hydroxylation is 1. The van der Waals surface area contributed by atoms with Crippen molar-refractivity contribution in [3.63, 3.8) is 0 Å². The highest BCUT2D eigenvalue weighted by Gasteiger charge is 1.91. The second kappa shape index (κ2) is 9.61. The molecule has 2 aromatic rings. The lowest BCUT2D eigenvalue weighted by Gasteiger charge is -1.96. The van der Waals surface area contributed by atoms with E-state index in [1.165, 1.54) is 37.7 Å². The van der Waals surface area contributed by atoms with E-state index in [2.05, 4.69) is 23.8 Å². The van der Waals surface area contributed by atoms with Gasteiger partial charge in [0.05, 0.1) is 0 Å². The molecule has 88 valence electrons. The van der Waals surface area contributed by atoms with Gasteiger partial charge in [-0.1, -0.05) is 38.3 Å². The Kier molecular flexibility index (Phi) is 8.09. The van der Waals surface area contributed by atoms with Gasteiger partial charge in [0.15, 0.2) is 0 Å². The van der Waals surface area contributed by atoms with Gasteiger partial charge in [0.2, 0.25) is 0 Å². The minimum Gasteiger partial charge on any atom is -0.152 e. The van der Waals surface area contributed by atoms with Crippen LogP contribution in [0.25, 0.3) is 0 Å². The molecule has 0 aromatic carbocycles. The Labute approximate surface area is 107 Å². The molecule has 0 aliphatic carbocycles. The Morgan fingerprint density at radius 3 is 2.25 bits per heavy atom. The van der Waals surface area contributed by atoms with Crippen molar-refractivity contribution in [2.24, 2.45) is 0 Å². The molecule has 0 spiro atoms. The predicted molar refractivity (Wildman–Crippen MR) is 76.5 cm³/mol. The Morgan fingerprint density at radius 1 is 0.938 bits per heavy atom. The molecule has 0 N–H and O–H groups in total. The lowest BCUT2D eigenvalue weighted by molar-refractivity contribution is 0.667. The van der Waals surface area contributed by atoms with E-state index in [0.29, 0.717) is 0 Å². The fourth-order valence-corrected chi connectivity index (χ4v) is 2.57. The first-order valence-electron chi connectivity index (χ1n) is 5.91. The summed E-state index contributed by atoms with van der Waals surface area (Å²) >= 11 is 3.52. The summed E-state index contributed by atoms with van der Waals surface area (Å²) < 4.78 is 0. The lowest BCUT2D eigenvalue weighted by atomic mass is 10.1. The van der Waals surface area contributed by atoms with E-state index < -0.39 is 0 Å². The van der Waals surface area contributed by atoms with Gasteiger partial charge in [0.1, 0.15) is 0 Å². The molecule has 2 rings (SSSR count).